The van der Waals surface area contributed by atoms with Crippen LogP contribution >= 0.6 is 7.82 Å². The Labute approximate surface area is 113 Å². The van der Waals surface area contributed by atoms with Crippen molar-refractivity contribution in [2.75, 3.05) is 12.3 Å². The van der Waals surface area contributed by atoms with E-state index in [1.54, 1.807) is 0 Å². The first-order chi connectivity index (χ1) is 9.26. The van der Waals surface area contributed by atoms with Gasteiger partial charge in [0.25, 0.3) is 0 Å². The Morgan fingerprint density at radius 3 is 2.90 bits per heavy atom. The van der Waals surface area contributed by atoms with Crippen molar-refractivity contribution < 1.29 is 28.7 Å². The Morgan fingerprint density at radius 1 is 1.60 bits per heavy atom. The average Bonchev–Trinajstić information content (AvgIpc) is 2.67. The van der Waals surface area contributed by atoms with Crippen LogP contribution in [0.3, 0.4) is 0 Å². The van der Waals surface area contributed by atoms with Gasteiger partial charge in [-0.05, 0) is 6.07 Å². The fourth-order valence-corrected chi connectivity index (χ4v) is 2.19. The lowest BCUT2D eigenvalue weighted by atomic mass is 10.2. The van der Waals surface area contributed by atoms with Crippen LogP contribution in [0.15, 0.2) is 17.1 Å². The SMILES string of the molecule is Nc1ccn(C2CC(O)C(COP(=O)(O)O)O2)c(=O)n1. The fraction of sp³-hybridized carbons (Fsp3) is 0.556. The van der Waals surface area contributed by atoms with Gasteiger partial charge >= 0.3 is 13.5 Å². The smallest absolute Gasteiger partial charge is 0.390 e. The van der Waals surface area contributed by atoms with Gasteiger partial charge in [-0.15, -0.1) is 0 Å². The summed E-state index contributed by atoms with van der Waals surface area (Å²) in [6.45, 7) is -0.487. The maximum absolute atomic E-state index is 11.6. The largest absolute Gasteiger partial charge is 0.469 e. The number of aliphatic hydroxyl groups is 1. The summed E-state index contributed by atoms with van der Waals surface area (Å²) in [5, 5.41) is 9.74. The summed E-state index contributed by atoms with van der Waals surface area (Å²) in [6, 6.07) is 1.40. The highest BCUT2D eigenvalue weighted by atomic mass is 31.2. The number of phosphoric acid groups is 1. The third-order valence-electron chi connectivity index (χ3n) is 2.77. The number of anilines is 1. The number of nitrogens with two attached hydrogens (primary N) is 1. The zero-order chi connectivity index (χ0) is 14.9. The molecule has 1 aliphatic rings. The molecule has 0 aliphatic carbocycles. The maximum Gasteiger partial charge on any atom is 0.469 e. The van der Waals surface area contributed by atoms with Gasteiger partial charge in [0.1, 0.15) is 18.1 Å². The van der Waals surface area contributed by atoms with Crippen LogP contribution in [0.4, 0.5) is 5.82 Å². The van der Waals surface area contributed by atoms with E-state index in [-0.39, 0.29) is 12.2 Å². The zero-order valence-electron chi connectivity index (χ0n) is 10.2. The molecule has 2 heterocycles. The Balaban J connectivity index is 2.06. The molecular formula is C9H14N3O7P. The minimum Gasteiger partial charge on any atom is -0.390 e. The lowest BCUT2D eigenvalue weighted by Crippen LogP contribution is -2.28. The second kappa shape index (κ2) is 5.60. The molecule has 5 N–H and O–H groups in total. The third kappa shape index (κ3) is 3.63. The number of phosphoric ester groups is 1. The van der Waals surface area contributed by atoms with E-state index in [4.69, 9.17) is 20.3 Å². The molecule has 0 saturated carbocycles. The molecule has 0 bridgehead atoms. The van der Waals surface area contributed by atoms with Crippen LogP contribution in [0.25, 0.3) is 0 Å². The summed E-state index contributed by atoms with van der Waals surface area (Å²) in [6.07, 6.45) is -1.32. The van der Waals surface area contributed by atoms with Crippen LogP contribution in [-0.2, 0) is 13.8 Å². The van der Waals surface area contributed by atoms with Gasteiger partial charge in [0, 0.05) is 12.6 Å². The van der Waals surface area contributed by atoms with Gasteiger partial charge in [-0.2, -0.15) is 4.98 Å². The van der Waals surface area contributed by atoms with Crippen molar-refractivity contribution in [1.29, 1.82) is 0 Å². The van der Waals surface area contributed by atoms with Gasteiger partial charge in [-0.25, -0.2) is 9.36 Å². The summed E-state index contributed by atoms with van der Waals surface area (Å²) < 4.78 is 21.3. The standard InChI is InChI=1S/C9H14N3O7P/c10-7-1-2-12(9(14)11-7)8-3-5(13)6(19-8)4-18-20(15,16)17/h1-2,5-6,8,13H,3-4H2,(H2,10,11,14)(H2,15,16,17). The van der Waals surface area contributed by atoms with Crippen molar-refractivity contribution in [2.24, 2.45) is 0 Å². The van der Waals surface area contributed by atoms with Crippen molar-refractivity contribution in [3.8, 4) is 0 Å². The molecule has 2 rings (SSSR count). The topological polar surface area (TPSA) is 157 Å². The van der Waals surface area contributed by atoms with Gasteiger partial charge in [0.2, 0.25) is 0 Å². The van der Waals surface area contributed by atoms with E-state index in [1.807, 2.05) is 0 Å². The minimum atomic E-state index is -4.64. The molecule has 10 nitrogen and oxygen atoms in total. The van der Waals surface area contributed by atoms with Crippen LogP contribution in [0.1, 0.15) is 12.6 Å². The van der Waals surface area contributed by atoms with Crippen molar-refractivity contribution in [3.05, 3.63) is 22.7 Å². The molecule has 0 aromatic carbocycles. The molecule has 1 saturated heterocycles. The molecule has 3 unspecified atom stereocenters. The van der Waals surface area contributed by atoms with Gasteiger partial charge in [0.15, 0.2) is 0 Å². The lowest BCUT2D eigenvalue weighted by Gasteiger charge is -2.16. The number of aliphatic hydroxyl groups excluding tert-OH is 1. The molecule has 0 amide bonds. The fourth-order valence-electron chi connectivity index (χ4n) is 1.85. The average molecular weight is 307 g/mol. The highest BCUT2D eigenvalue weighted by molar-refractivity contribution is 7.46. The number of hydrogen-bond donors (Lipinski definition) is 4. The van der Waals surface area contributed by atoms with Crippen molar-refractivity contribution >= 4 is 13.6 Å². The summed E-state index contributed by atoms with van der Waals surface area (Å²) >= 11 is 0. The van der Waals surface area contributed by atoms with E-state index >= 15 is 0 Å². The first-order valence-corrected chi connectivity index (χ1v) is 7.17. The number of rotatable bonds is 4. The van der Waals surface area contributed by atoms with E-state index < -0.39 is 38.6 Å². The molecule has 1 aromatic rings. The van der Waals surface area contributed by atoms with Crippen molar-refractivity contribution in [2.45, 2.75) is 24.9 Å². The van der Waals surface area contributed by atoms with Crippen LogP contribution in [0.2, 0.25) is 0 Å². The molecule has 112 valence electrons. The summed E-state index contributed by atoms with van der Waals surface area (Å²) in [5.74, 6) is 0.0613. The van der Waals surface area contributed by atoms with Gasteiger partial charge in [-0.1, -0.05) is 0 Å². The first kappa shape index (κ1) is 15.1. The van der Waals surface area contributed by atoms with E-state index in [9.17, 15) is 14.5 Å². The van der Waals surface area contributed by atoms with Crippen LogP contribution in [0.5, 0.6) is 0 Å². The minimum absolute atomic E-state index is 0.0613. The molecule has 1 fully saturated rings. The van der Waals surface area contributed by atoms with Gasteiger partial charge < -0.3 is 25.4 Å². The van der Waals surface area contributed by atoms with Crippen LogP contribution < -0.4 is 11.4 Å². The molecule has 1 aliphatic heterocycles. The normalized spacial score (nSPS) is 26.9. The Bertz CT molecular complexity index is 585. The Hall–Kier alpha value is -1.29. The molecule has 0 radical (unpaired) electrons. The van der Waals surface area contributed by atoms with E-state index in [0.717, 1.165) is 4.57 Å². The number of hydrogen-bond acceptors (Lipinski definition) is 7. The predicted octanol–water partition coefficient (Wildman–Crippen LogP) is -1.42. The monoisotopic (exact) mass is 307 g/mol. The van der Waals surface area contributed by atoms with Crippen molar-refractivity contribution in [3.63, 3.8) is 0 Å². The number of ether oxygens (including phenoxy) is 1. The lowest BCUT2D eigenvalue weighted by molar-refractivity contribution is -0.0450. The summed E-state index contributed by atoms with van der Waals surface area (Å²) in [7, 11) is -4.64. The van der Waals surface area contributed by atoms with Crippen molar-refractivity contribution in [1.82, 2.24) is 9.55 Å². The van der Waals surface area contributed by atoms with Gasteiger partial charge in [-0.3, -0.25) is 9.09 Å². The maximum atomic E-state index is 11.6. The molecular weight excluding hydrogens is 293 g/mol. The number of aromatic nitrogens is 2. The molecule has 11 heteroatoms. The second-order valence-electron chi connectivity index (χ2n) is 4.26. The number of nitrogen functional groups attached to an aromatic ring is 1. The first-order valence-electron chi connectivity index (χ1n) is 5.64. The second-order valence-corrected chi connectivity index (χ2v) is 5.50. The van der Waals surface area contributed by atoms with Crippen LogP contribution in [0, 0.1) is 0 Å². The Kier molecular flexibility index (Phi) is 4.23. The molecule has 20 heavy (non-hydrogen) atoms. The quantitative estimate of drug-likeness (QED) is 0.490. The number of nitrogens with zero attached hydrogens (tertiary/aromatic N) is 2. The van der Waals surface area contributed by atoms with Gasteiger partial charge in [0.05, 0.1) is 12.7 Å². The summed E-state index contributed by atoms with van der Waals surface area (Å²) in [5.41, 5.74) is 4.72. The Morgan fingerprint density at radius 2 is 2.30 bits per heavy atom. The molecule has 1 aromatic heterocycles. The van der Waals surface area contributed by atoms with E-state index in [0.29, 0.717) is 0 Å². The van der Waals surface area contributed by atoms with Crippen LogP contribution in [-0.4, -0.2) is 43.3 Å². The predicted molar refractivity (Wildman–Crippen MR) is 65.4 cm³/mol. The zero-order valence-corrected chi connectivity index (χ0v) is 11.1. The summed E-state index contributed by atoms with van der Waals surface area (Å²) in [4.78, 5) is 32.3. The van der Waals surface area contributed by atoms with E-state index in [1.165, 1.54) is 12.3 Å². The molecule has 0 spiro atoms. The third-order valence-corrected chi connectivity index (χ3v) is 3.26. The highest BCUT2D eigenvalue weighted by Gasteiger charge is 2.36. The van der Waals surface area contributed by atoms with E-state index in [2.05, 4.69) is 9.51 Å². The highest BCUT2D eigenvalue weighted by Crippen LogP contribution is 2.38. The molecule has 3 atom stereocenters.